The lowest BCUT2D eigenvalue weighted by Crippen LogP contribution is -2.44. The lowest BCUT2D eigenvalue weighted by Gasteiger charge is -2.18. The molecule has 0 aliphatic carbocycles. The van der Waals surface area contributed by atoms with Crippen molar-refractivity contribution in [3.63, 3.8) is 0 Å². The summed E-state index contributed by atoms with van der Waals surface area (Å²) >= 11 is 1.17. The van der Waals surface area contributed by atoms with Gasteiger partial charge in [-0.25, -0.2) is 23.1 Å². The summed E-state index contributed by atoms with van der Waals surface area (Å²) in [5, 5.41) is 5.01. The quantitative estimate of drug-likeness (QED) is 0.536. The number of aromatic nitrogens is 2. The van der Waals surface area contributed by atoms with E-state index >= 15 is 0 Å². The standard InChI is InChI=1S/C21H22N4O5S2/c1-28-17-6-3-2-5-13(17)14-8-9-22-21(23-14)24-15-11-29-20-16(12-30-19(15)20)25-32(26,27)18-7-4-10-31-18/h2-10,15-16,19-20,25H,11-12H2,1H3,(H,22,23,24). The maximum Gasteiger partial charge on any atom is 0.250 e. The Balaban J connectivity index is 1.28. The maximum absolute atomic E-state index is 12.6. The van der Waals surface area contributed by atoms with E-state index in [0.29, 0.717) is 12.6 Å². The molecular formula is C21H22N4O5S2. The van der Waals surface area contributed by atoms with Crippen LogP contribution in [0.3, 0.4) is 0 Å². The summed E-state index contributed by atoms with van der Waals surface area (Å²) in [4.78, 5) is 8.94. The minimum absolute atomic E-state index is 0.204. The largest absolute Gasteiger partial charge is 0.496 e. The Hall–Kier alpha value is -2.57. The molecular weight excluding hydrogens is 452 g/mol. The van der Waals surface area contributed by atoms with Crippen LogP contribution in [0.5, 0.6) is 5.75 Å². The number of ether oxygens (including phenoxy) is 3. The zero-order valence-electron chi connectivity index (χ0n) is 17.2. The number of sulfonamides is 1. The van der Waals surface area contributed by atoms with Crippen molar-refractivity contribution in [1.29, 1.82) is 0 Å². The first-order chi connectivity index (χ1) is 15.5. The second-order valence-electron chi connectivity index (χ2n) is 7.47. The Morgan fingerprint density at radius 1 is 1.06 bits per heavy atom. The van der Waals surface area contributed by atoms with E-state index in [0.717, 1.165) is 17.0 Å². The SMILES string of the molecule is COc1ccccc1-c1ccnc(NC2COC3C(NS(=O)(=O)c4cccs4)COC23)n1. The van der Waals surface area contributed by atoms with Gasteiger partial charge in [0.1, 0.15) is 22.2 Å². The Kier molecular flexibility index (Phi) is 5.82. The average Bonchev–Trinajstić information content (AvgIpc) is 3.55. The molecule has 5 rings (SSSR count). The van der Waals surface area contributed by atoms with Crippen molar-refractivity contribution in [1.82, 2.24) is 14.7 Å². The number of thiophene rings is 1. The Labute approximate surface area is 189 Å². The van der Waals surface area contributed by atoms with E-state index in [2.05, 4.69) is 20.0 Å². The monoisotopic (exact) mass is 474 g/mol. The highest BCUT2D eigenvalue weighted by atomic mass is 32.2. The van der Waals surface area contributed by atoms with E-state index in [1.807, 2.05) is 30.3 Å². The smallest absolute Gasteiger partial charge is 0.250 e. The van der Waals surface area contributed by atoms with Gasteiger partial charge in [-0.3, -0.25) is 0 Å². The van der Waals surface area contributed by atoms with Crippen LogP contribution >= 0.6 is 11.3 Å². The molecule has 0 bridgehead atoms. The minimum Gasteiger partial charge on any atom is -0.496 e. The van der Waals surface area contributed by atoms with E-state index in [-0.39, 0.29) is 29.1 Å². The van der Waals surface area contributed by atoms with Crippen molar-refractivity contribution in [2.45, 2.75) is 28.5 Å². The fourth-order valence-corrected chi connectivity index (χ4v) is 6.24. The van der Waals surface area contributed by atoms with Crippen LogP contribution in [-0.4, -0.2) is 63.0 Å². The zero-order valence-corrected chi connectivity index (χ0v) is 18.8. The highest BCUT2D eigenvalue weighted by Gasteiger charge is 2.49. The molecule has 2 aromatic heterocycles. The number of hydrogen-bond donors (Lipinski definition) is 2. The molecule has 0 saturated carbocycles. The zero-order chi connectivity index (χ0) is 22.1. The lowest BCUT2D eigenvalue weighted by molar-refractivity contribution is 0.0690. The van der Waals surface area contributed by atoms with Gasteiger partial charge >= 0.3 is 0 Å². The van der Waals surface area contributed by atoms with Crippen LogP contribution in [0.1, 0.15) is 0 Å². The third-order valence-corrected chi connectivity index (χ3v) is 8.36. The molecule has 168 valence electrons. The molecule has 3 aromatic rings. The molecule has 2 saturated heterocycles. The van der Waals surface area contributed by atoms with Crippen LogP contribution in [-0.2, 0) is 19.5 Å². The number of nitrogens with zero attached hydrogens (tertiary/aromatic N) is 2. The molecule has 2 aliphatic heterocycles. The average molecular weight is 475 g/mol. The number of fused-ring (bicyclic) bond motifs is 1. The first-order valence-corrected chi connectivity index (χ1v) is 12.4. The van der Waals surface area contributed by atoms with E-state index in [4.69, 9.17) is 14.2 Å². The van der Waals surface area contributed by atoms with Crippen molar-refractivity contribution in [3.8, 4) is 17.0 Å². The summed E-state index contributed by atoms with van der Waals surface area (Å²) in [7, 11) is -1.99. The van der Waals surface area contributed by atoms with E-state index in [1.165, 1.54) is 11.3 Å². The second kappa shape index (κ2) is 8.75. The van der Waals surface area contributed by atoms with Gasteiger partial charge in [0.25, 0.3) is 0 Å². The van der Waals surface area contributed by atoms with Crippen LogP contribution < -0.4 is 14.8 Å². The highest BCUT2D eigenvalue weighted by Crippen LogP contribution is 2.31. The molecule has 32 heavy (non-hydrogen) atoms. The highest BCUT2D eigenvalue weighted by molar-refractivity contribution is 7.91. The number of para-hydroxylation sites is 1. The molecule has 0 amide bonds. The van der Waals surface area contributed by atoms with E-state index in [9.17, 15) is 8.42 Å². The molecule has 0 spiro atoms. The number of hydrogen-bond acceptors (Lipinski definition) is 9. The third kappa shape index (κ3) is 4.09. The minimum atomic E-state index is -3.61. The van der Waals surface area contributed by atoms with Gasteiger partial charge in [0, 0.05) is 11.8 Å². The van der Waals surface area contributed by atoms with Crippen LogP contribution in [0.2, 0.25) is 0 Å². The van der Waals surface area contributed by atoms with Gasteiger partial charge in [-0.05, 0) is 29.6 Å². The summed E-state index contributed by atoms with van der Waals surface area (Å²) in [5.41, 5.74) is 1.59. The first kappa shape index (κ1) is 21.3. The number of benzene rings is 1. The van der Waals surface area contributed by atoms with Crippen molar-refractivity contribution in [3.05, 3.63) is 54.0 Å². The Morgan fingerprint density at radius 2 is 1.84 bits per heavy atom. The molecule has 9 nitrogen and oxygen atoms in total. The number of rotatable bonds is 7. The van der Waals surface area contributed by atoms with Gasteiger partial charge in [0.05, 0.1) is 38.1 Å². The molecule has 2 fully saturated rings. The number of methoxy groups -OCH3 is 1. The van der Waals surface area contributed by atoms with Crippen LogP contribution in [0.25, 0.3) is 11.3 Å². The van der Waals surface area contributed by atoms with Crippen molar-refractivity contribution in [2.24, 2.45) is 0 Å². The maximum atomic E-state index is 12.6. The third-order valence-electron chi connectivity index (χ3n) is 5.47. The molecule has 11 heteroatoms. The molecule has 4 heterocycles. The molecule has 0 radical (unpaired) electrons. The summed E-state index contributed by atoms with van der Waals surface area (Å²) in [6.07, 6.45) is 0.974. The summed E-state index contributed by atoms with van der Waals surface area (Å²) in [5.74, 6) is 1.16. The van der Waals surface area contributed by atoms with Gasteiger partial charge < -0.3 is 19.5 Å². The van der Waals surface area contributed by atoms with E-state index < -0.39 is 16.1 Å². The lowest BCUT2D eigenvalue weighted by atomic mass is 10.1. The molecule has 1 aromatic carbocycles. The van der Waals surface area contributed by atoms with Gasteiger partial charge in [-0.15, -0.1) is 11.3 Å². The van der Waals surface area contributed by atoms with Crippen molar-refractivity contribution >= 4 is 27.3 Å². The van der Waals surface area contributed by atoms with Crippen LogP contribution in [0, 0.1) is 0 Å². The predicted molar refractivity (Wildman–Crippen MR) is 119 cm³/mol. The summed E-state index contributed by atoms with van der Waals surface area (Å²) in [6.45, 7) is 0.592. The van der Waals surface area contributed by atoms with Gasteiger partial charge in [0.15, 0.2) is 0 Å². The van der Waals surface area contributed by atoms with Crippen molar-refractivity contribution in [2.75, 3.05) is 25.6 Å². The molecule has 2 aliphatic rings. The normalized spacial score (nSPS) is 24.9. The summed E-state index contributed by atoms with van der Waals surface area (Å²) < 4.78 is 45.4. The topological polar surface area (TPSA) is 112 Å². The number of nitrogens with one attached hydrogen (secondary N) is 2. The van der Waals surface area contributed by atoms with Gasteiger partial charge in [0.2, 0.25) is 16.0 Å². The molecule has 4 atom stereocenters. The Morgan fingerprint density at radius 3 is 2.62 bits per heavy atom. The van der Waals surface area contributed by atoms with Gasteiger partial charge in [-0.2, -0.15) is 0 Å². The predicted octanol–water partition coefficient (Wildman–Crippen LogP) is 2.14. The second-order valence-corrected chi connectivity index (χ2v) is 10.4. The van der Waals surface area contributed by atoms with Gasteiger partial charge in [-0.1, -0.05) is 18.2 Å². The van der Waals surface area contributed by atoms with Crippen molar-refractivity contribution < 1.29 is 22.6 Å². The first-order valence-electron chi connectivity index (χ1n) is 10.1. The fourth-order valence-electron chi connectivity index (χ4n) is 4.00. The molecule has 2 N–H and O–H groups in total. The Bertz CT molecular complexity index is 1190. The van der Waals surface area contributed by atoms with Crippen LogP contribution in [0.15, 0.2) is 58.3 Å². The molecule has 4 unspecified atom stereocenters. The van der Waals surface area contributed by atoms with E-state index in [1.54, 1.807) is 30.8 Å². The summed E-state index contributed by atoms with van der Waals surface area (Å²) in [6, 6.07) is 12.1. The van der Waals surface area contributed by atoms with Crippen LogP contribution in [0.4, 0.5) is 5.95 Å². The fraction of sp³-hybridized carbons (Fsp3) is 0.333. The number of anilines is 1.